The minimum Gasteiger partial charge on any atom is -0.352 e. The molecule has 2 amide bonds. The fourth-order valence-corrected chi connectivity index (χ4v) is 1.80. The van der Waals surface area contributed by atoms with E-state index >= 15 is 0 Å². The number of carbonyl (C=O) groups excluding carboxylic acids is 2. The molecule has 0 bridgehead atoms. The molecule has 1 aromatic carbocycles. The van der Waals surface area contributed by atoms with E-state index in [1.54, 1.807) is 12.1 Å². The highest BCUT2D eigenvalue weighted by Crippen LogP contribution is 2.05. The van der Waals surface area contributed by atoms with E-state index in [1.165, 1.54) is 0 Å². The Morgan fingerprint density at radius 3 is 2.29 bits per heavy atom. The molecule has 1 aromatic rings. The molecular formula is C15H24ClN3O2. The third-order valence-corrected chi connectivity index (χ3v) is 2.98. The molecular weight excluding hydrogens is 290 g/mol. The minimum absolute atomic E-state index is 0. The van der Waals surface area contributed by atoms with Gasteiger partial charge in [-0.05, 0) is 31.7 Å². The molecule has 5 nitrogen and oxygen atoms in total. The average Bonchev–Trinajstić information content (AvgIpc) is 2.45. The number of benzene rings is 1. The van der Waals surface area contributed by atoms with Crippen LogP contribution in [0.2, 0.25) is 0 Å². The van der Waals surface area contributed by atoms with Crippen LogP contribution in [0.3, 0.4) is 0 Å². The Morgan fingerprint density at radius 1 is 1.14 bits per heavy atom. The van der Waals surface area contributed by atoms with Crippen LogP contribution in [0.5, 0.6) is 0 Å². The van der Waals surface area contributed by atoms with Crippen LogP contribution in [0.25, 0.3) is 0 Å². The monoisotopic (exact) mass is 313 g/mol. The van der Waals surface area contributed by atoms with Crippen LogP contribution in [0, 0.1) is 5.92 Å². The van der Waals surface area contributed by atoms with Gasteiger partial charge in [0.15, 0.2) is 0 Å². The third-order valence-electron chi connectivity index (χ3n) is 2.98. The Labute approximate surface area is 132 Å². The van der Waals surface area contributed by atoms with Gasteiger partial charge in [-0.1, -0.05) is 19.1 Å². The van der Waals surface area contributed by atoms with Crippen LogP contribution in [-0.2, 0) is 11.3 Å². The highest BCUT2D eigenvalue weighted by molar-refractivity contribution is 5.94. The molecule has 21 heavy (non-hydrogen) atoms. The number of amides is 2. The fourth-order valence-electron chi connectivity index (χ4n) is 1.80. The molecule has 0 aliphatic carbocycles. The number of hydrogen-bond acceptors (Lipinski definition) is 3. The first-order valence-corrected chi connectivity index (χ1v) is 6.88. The van der Waals surface area contributed by atoms with Crippen LogP contribution in [0.15, 0.2) is 24.3 Å². The van der Waals surface area contributed by atoms with Crippen molar-refractivity contribution in [3.05, 3.63) is 35.4 Å². The Bertz CT molecular complexity index is 449. The highest BCUT2D eigenvalue weighted by atomic mass is 35.5. The van der Waals surface area contributed by atoms with Gasteiger partial charge in [-0.2, -0.15) is 0 Å². The maximum Gasteiger partial charge on any atom is 0.251 e. The van der Waals surface area contributed by atoms with Crippen molar-refractivity contribution in [2.24, 2.45) is 5.92 Å². The first kappa shape index (κ1) is 19.4. The number of halogens is 1. The molecule has 118 valence electrons. The van der Waals surface area contributed by atoms with Gasteiger partial charge in [-0.25, -0.2) is 0 Å². The van der Waals surface area contributed by atoms with Crippen molar-refractivity contribution in [3.63, 3.8) is 0 Å². The van der Waals surface area contributed by atoms with E-state index < -0.39 is 0 Å². The fraction of sp³-hybridized carbons (Fsp3) is 0.467. The van der Waals surface area contributed by atoms with E-state index in [4.69, 9.17) is 0 Å². The molecule has 0 radical (unpaired) electrons. The van der Waals surface area contributed by atoms with E-state index in [1.807, 2.05) is 33.0 Å². The molecule has 0 spiro atoms. The molecule has 0 aliphatic rings. The first-order chi connectivity index (χ1) is 9.58. The van der Waals surface area contributed by atoms with Gasteiger partial charge in [0.2, 0.25) is 5.91 Å². The molecule has 1 unspecified atom stereocenters. The molecule has 0 heterocycles. The molecule has 6 heteroatoms. The van der Waals surface area contributed by atoms with Gasteiger partial charge >= 0.3 is 0 Å². The van der Waals surface area contributed by atoms with Crippen molar-refractivity contribution in [1.29, 1.82) is 0 Å². The summed E-state index contributed by atoms with van der Waals surface area (Å²) in [5, 5.41) is 8.60. The van der Waals surface area contributed by atoms with Crippen LogP contribution >= 0.6 is 12.4 Å². The van der Waals surface area contributed by atoms with Gasteiger partial charge in [-0.15, -0.1) is 12.4 Å². The SMILES string of the molecule is CCNC(=O)c1ccc(CNC(=O)C(C)CNC)cc1.Cl. The molecule has 1 rings (SSSR count). The topological polar surface area (TPSA) is 70.2 Å². The van der Waals surface area contributed by atoms with Crippen molar-refractivity contribution in [1.82, 2.24) is 16.0 Å². The summed E-state index contributed by atoms with van der Waals surface area (Å²) in [5.74, 6) is -0.118. The van der Waals surface area contributed by atoms with E-state index in [0.29, 0.717) is 25.2 Å². The lowest BCUT2D eigenvalue weighted by atomic mass is 10.1. The molecule has 3 N–H and O–H groups in total. The van der Waals surface area contributed by atoms with Crippen LogP contribution in [0.1, 0.15) is 29.8 Å². The molecule has 1 atom stereocenters. The van der Waals surface area contributed by atoms with Crippen molar-refractivity contribution in [2.45, 2.75) is 20.4 Å². The predicted octanol–water partition coefficient (Wildman–Crippen LogP) is 1.33. The largest absolute Gasteiger partial charge is 0.352 e. The van der Waals surface area contributed by atoms with Crippen LogP contribution < -0.4 is 16.0 Å². The molecule has 0 saturated carbocycles. The van der Waals surface area contributed by atoms with E-state index in [2.05, 4.69) is 16.0 Å². The molecule has 0 aromatic heterocycles. The Kier molecular flexibility index (Phi) is 9.41. The Hall–Kier alpha value is -1.59. The summed E-state index contributed by atoms with van der Waals surface area (Å²) in [4.78, 5) is 23.3. The first-order valence-electron chi connectivity index (χ1n) is 6.88. The number of hydrogen-bond donors (Lipinski definition) is 3. The lowest BCUT2D eigenvalue weighted by Gasteiger charge is -2.11. The summed E-state index contributed by atoms with van der Waals surface area (Å²) in [6, 6.07) is 7.24. The number of nitrogens with one attached hydrogen (secondary N) is 3. The minimum atomic E-state index is -0.0780. The second kappa shape index (κ2) is 10.2. The van der Waals surface area contributed by atoms with Gasteiger partial charge in [0.25, 0.3) is 5.91 Å². The lowest BCUT2D eigenvalue weighted by molar-refractivity contribution is -0.124. The van der Waals surface area contributed by atoms with E-state index in [-0.39, 0.29) is 30.1 Å². The van der Waals surface area contributed by atoms with Crippen LogP contribution in [0.4, 0.5) is 0 Å². The number of rotatable bonds is 7. The van der Waals surface area contributed by atoms with Gasteiger partial charge in [-0.3, -0.25) is 9.59 Å². The summed E-state index contributed by atoms with van der Waals surface area (Å²) >= 11 is 0. The number of carbonyl (C=O) groups is 2. The zero-order chi connectivity index (χ0) is 15.0. The smallest absolute Gasteiger partial charge is 0.251 e. The lowest BCUT2D eigenvalue weighted by Crippen LogP contribution is -2.33. The standard InChI is InChI=1S/C15H23N3O2.ClH/c1-4-17-15(20)13-7-5-12(6-8-13)10-18-14(19)11(2)9-16-3;/h5-8,11,16H,4,9-10H2,1-3H3,(H,17,20)(H,18,19);1H. The maximum atomic E-state index is 11.8. The maximum absolute atomic E-state index is 11.8. The van der Waals surface area contributed by atoms with Crippen molar-refractivity contribution in [3.8, 4) is 0 Å². The Balaban J connectivity index is 0.00000400. The average molecular weight is 314 g/mol. The second-order valence-electron chi connectivity index (χ2n) is 4.73. The zero-order valence-electron chi connectivity index (χ0n) is 12.7. The summed E-state index contributed by atoms with van der Waals surface area (Å²) < 4.78 is 0. The Morgan fingerprint density at radius 2 is 1.76 bits per heavy atom. The molecule has 0 fully saturated rings. The summed E-state index contributed by atoms with van der Waals surface area (Å²) in [6.07, 6.45) is 0. The summed E-state index contributed by atoms with van der Waals surface area (Å²) in [6.45, 7) is 5.50. The van der Waals surface area contributed by atoms with E-state index in [0.717, 1.165) is 5.56 Å². The highest BCUT2D eigenvalue weighted by Gasteiger charge is 2.11. The normalized spacial score (nSPS) is 11.2. The quantitative estimate of drug-likeness (QED) is 0.711. The van der Waals surface area contributed by atoms with Gasteiger partial charge in [0, 0.05) is 31.1 Å². The van der Waals surface area contributed by atoms with Crippen molar-refractivity contribution < 1.29 is 9.59 Å². The second-order valence-corrected chi connectivity index (χ2v) is 4.73. The molecule has 0 aliphatic heterocycles. The van der Waals surface area contributed by atoms with Crippen molar-refractivity contribution in [2.75, 3.05) is 20.1 Å². The summed E-state index contributed by atoms with van der Waals surface area (Å²) in [7, 11) is 1.82. The zero-order valence-corrected chi connectivity index (χ0v) is 13.5. The van der Waals surface area contributed by atoms with Gasteiger partial charge in [0.1, 0.15) is 0 Å². The summed E-state index contributed by atoms with van der Waals surface area (Å²) in [5.41, 5.74) is 1.61. The van der Waals surface area contributed by atoms with Crippen molar-refractivity contribution >= 4 is 24.2 Å². The van der Waals surface area contributed by atoms with Gasteiger partial charge < -0.3 is 16.0 Å². The third kappa shape index (κ3) is 6.60. The predicted molar refractivity (Wildman–Crippen MR) is 86.6 cm³/mol. The van der Waals surface area contributed by atoms with Crippen LogP contribution in [-0.4, -0.2) is 32.0 Å². The molecule has 0 saturated heterocycles. The van der Waals surface area contributed by atoms with E-state index in [9.17, 15) is 9.59 Å². The van der Waals surface area contributed by atoms with Gasteiger partial charge in [0.05, 0.1) is 0 Å².